The number of aromatic nitrogens is 1. The number of benzene rings is 1. The summed E-state index contributed by atoms with van der Waals surface area (Å²) in [6.07, 6.45) is 1.58. The Balaban J connectivity index is 2.32. The second-order valence-electron chi connectivity index (χ2n) is 3.88. The van der Waals surface area contributed by atoms with Crippen molar-refractivity contribution < 1.29 is 9.18 Å². The Bertz CT molecular complexity index is 664. The van der Waals surface area contributed by atoms with Gasteiger partial charge in [0, 0.05) is 22.2 Å². The van der Waals surface area contributed by atoms with Gasteiger partial charge in [-0.2, -0.15) is 0 Å². The molecule has 0 saturated carbocycles. The van der Waals surface area contributed by atoms with Crippen molar-refractivity contribution in [2.75, 3.05) is 17.7 Å². The average molecular weight is 403 g/mol. The molecule has 104 valence electrons. The van der Waals surface area contributed by atoms with Crippen LogP contribution in [0.3, 0.4) is 0 Å². The van der Waals surface area contributed by atoms with Crippen molar-refractivity contribution in [2.45, 2.75) is 0 Å². The molecule has 0 fully saturated rings. The van der Waals surface area contributed by atoms with Gasteiger partial charge in [0.1, 0.15) is 11.6 Å². The van der Waals surface area contributed by atoms with E-state index in [1.165, 1.54) is 18.2 Å². The topological polar surface area (TPSA) is 54.0 Å². The first-order valence-electron chi connectivity index (χ1n) is 5.61. The van der Waals surface area contributed by atoms with Crippen molar-refractivity contribution in [3.05, 3.63) is 50.8 Å². The average Bonchev–Trinajstić information content (AvgIpc) is 2.42. The van der Waals surface area contributed by atoms with Crippen LogP contribution >= 0.6 is 31.9 Å². The number of nitrogens with one attached hydrogen (secondary N) is 2. The molecule has 1 amide bonds. The molecule has 0 radical (unpaired) electrons. The van der Waals surface area contributed by atoms with Crippen LogP contribution in [0.5, 0.6) is 0 Å². The van der Waals surface area contributed by atoms with Gasteiger partial charge in [0.25, 0.3) is 5.91 Å². The molecule has 0 atom stereocenters. The highest BCUT2D eigenvalue weighted by Crippen LogP contribution is 2.25. The maximum atomic E-state index is 13.2. The van der Waals surface area contributed by atoms with Crippen LogP contribution in [0.15, 0.2) is 39.4 Å². The molecule has 20 heavy (non-hydrogen) atoms. The van der Waals surface area contributed by atoms with Gasteiger partial charge >= 0.3 is 0 Å². The fourth-order valence-electron chi connectivity index (χ4n) is 1.59. The zero-order chi connectivity index (χ0) is 14.7. The molecule has 4 nitrogen and oxygen atoms in total. The van der Waals surface area contributed by atoms with Gasteiger partial charge in [-0.25, -0.2) is 9.37 Å². The van der Waals surface area contributed by atoms with E-state index in [4.69, 9.17) is 0 Å². The van der Waals surface area contributed by atoms with Crippen molar-refractivity contribution in [3.63, 3.8) is 0 Å². The summed E-state index contributed by atoms with van der Waals surface area (Å²) >= 11 is 6.53. The third-order valence-electron chi connectivity index (χ3n) is 2.51. The third kappa shape index (κ3) is 3.34. The van der Waals surface area contributed by atoms with Crippen molar-refractivity contribution in [3.8, 4) is 0 Å². The fourth-order valence-corrected chi connectivity index (χ4v) is 2.27. The molecule has 0 aliphatic carbocycles. The number of hydrogen-bond donors (Lipinski definition) is 2. The predicted molar refractivity (Wildman–Crippen MR) is 83.5 cm³/mol. The number of pyridine rings is 1. The smallest absolute Gasteiger partial charge is 0.259 e. The van der Waals surface area contributed by atoms with Gasteiger partial charge in [-0.15, -0.1) is 0 Å². The van der Waals surface area contributed by atoms with E-state index >= 15 is 0 Å². The number of hydrogen-bond acceptors (Lipinski definition) is 3. The molecule has 0 saturated heterocycles. The standard InChI is InChI=1S/C13H10Br2FN3O/c1-17-12-9(4-7(14)6-18-12)13(20)19-11-5-8(16)2-3-10(11)15/h2-6H,1H3,(H,17,18)(H,19,20). The molecule has 1 aromatic carbocycles. The minimum Gasteiger partial charge on any atom is -0.372 e. The normalized spacial score (nSPS) is 10.2. The molecule has 0 unspecified atom stereocenters. The molecule has 0 aliphatic heterocycles. The molecule has 0 aliphatic rings. The lowest BCUT2D eigenvalue weighted by atomic mass is 10.2. The molecule has 1 heterocycles. The maximum Gasteiger partial charge on any atom is 0.259 e. The number of carbonyl (C=O) groups is 1. The molecular weight excluding hydrogens is 393 g/mol. The van der Waals surface area contributed by atoms with E-state index < -0.39 is 5.82 Å². The van der Waals surface area contributed by atoms with Gasteiger partial charge in [-0.05, 0) is 56.1 Å². The highest BCUT2D eigenvalue weighted by Gasteiger charge is 2.14. The van der Waals surface area contributed by atoms with Crippen LogP contribution in [-0.2, 0) is 0 Å². The second kappa shape index (κ2) is 6.32. The number of halogens is 3. The molecule has 2 aromatic rings. The largest absolute Gasteiger partial charge is 0.372 e. The van der Waals surface area contributed by atoms with E-state index in [1.807, 2.05) is 0 Å². The Morgan fingerprint density at radius 3 is 2.75 bits per heavy atom. The fraction of sp³-hybridized carbons (Fsp3) is 0.0769. The molecule has 0 spiro atoms. The first-order valence-corrected chi connectivity index (χ1v) is 7.19. The third-order valence-corrected chi connectivity index (χ3v) is 3.64. The monoisotopic (exact) mass is 401 g/mol. The number of rotatable bonds is 3. The van der Waals surface area contributed by atoms with Gasteiger partial charge in [0.2, 0.25) is 0 Å². The lowest BCUT2D eigenvalue weighted by Crippen LogP contribution is -2.15. The maximum absolute atomic E-state index is 13.2. The lowest BCUT2D eigenvalue weighted by molar-refractivity contribution is 0.102. The van der Waals surface area contributed by atoms with E-state index in [-0.39, 0.29) is 5.91 Å². The Morgan fingerprint density at radius 2 is 2.05 bits per heavy atom. The van der Waals surface area contributed by atoms with Crippen molar-refractivity contribution in [2.24, 2.45) is 0 Å². The summed E-state index contributed by atoms with van der Waals surface area (Å²) in [6, 6.07) is 5.72. The summed E-state index contributed by atoms with van der Waals surface area (Å²) < 4.78 is 14.5. The SMILES string of the molecule is CNc1ncc(Br)cc1C(=O)Nc1cc(F)ccc1Br. The number of anilines is 2. The predicted octanol–water partition coefficient (Wildman–Crippen LogP) is 4.04. The van der Waals surface area contributed by atoms with Gasteiger partial charge in [0.15, 0.2) is 0 Å². The minimum absolute atomic E-state index is 0.358. The van der Waals surface area contributed by atoms with Crippen LogP contribution in [0, 0.1) is 5.82 Å². The summed E-state index contributed by atoms with van der Waals surface area (Å²) in [7, 11) is 1.67. The Labute approximate surface area is 132 Å². The van der Waals surface area contributed by atoms with Gasteiger partial charge in [-0.1, -0.05) is 0 Å². The van der Waals surface area contributed by atoms with Crippen molar-refractivity contribution in [1.29, 1.82) is 0 Å². The summed E-state index contributed by atoms with van der Waals surface area (Å²) in [4.78, 5) is 16.3. The van der Waals surface area contributed by atoms with Crippen LogP contribution in [0.25, 0.3) is 0 Å². The van der Waals surface area contributed by atoms with Gasteiger partial charge in [0.05, 0.1) is 11.3 Å². The van der Waals surface area contributed by atoms with E-state index in [1.54, 1.807) is 19.3 Å². The summed E-state index contributed by atoms with van der Waals surface area (Å²) in [6.45, 7) is 0. The Morgan fingerprint density at radius 1 is 1.30 bits per heavy atom. The number of amides is 1. The molecular formula is C13H10Br2FN3O. The zero-order valence-electron chi connectivity index (χ0n) is 10.4. The van der Waals surface area contributed by atoms with Crippen LogP contribution in [0.1, 0.15) is 10.4 Å². The second-order valence-corrected chi connectivity index (χ2v) is 5.65. The van der Waals surface area contributed by atoms with E-state index in [0.29, 0.717) is 26.0 Å². The van der Waals surface area contributed by atoms with E-state index in [0.717, 1.165) is 0 Å². The molecule has 0 bridgehead atoms. The highest BCUT2D eigenvalue weighted by atomic mass is 79.9. The van der Waals surface area contributed by atoms with Crippen LogP contribution < -0.4 is 10.6 Å². The quantitative estimate of drug-likeness (QED) is 0.814. The summed E-state index contributed by atoms with van der Waals surface area (Å²) in [5.74, 6) is -0.364. The van der Waals surface area contributed by atoms with Crippen LogP contribution in [0.2, 0.25) is 0 Å². The summed E-state index contributed by atoms with van der Waals surface area (Å²) in [5, 5.41) is 5.48. The first-order chi connectivity index (χ1) is 9.51. The molecule has 2 N–H and O–H groups in total. The lowest BCUT2D eigenvalue weighted by Gasteiger charge is -2.10. The Hall–Kier alpha value is -1.47. The zero-order valence-corrected chi connectivity index (χ0v) is 13.5. The minimum atomic E-state index is -0.426. The highest BCUT2D eigenvalue weighted by molar-refractivity contribution is 9.10. The van der Waals surface area contributed by atoms with Gasteiger partial charge < -0.3 is 10.6 Å². The first kappa shape index (κ1) is 14.9. The van der Waals surface area contributed by atoms with E-state index in [2.05, 4.69) is 47.5 Å². The number of nitrogens with zero attached hydrogens (tertiary/aromatic N) is 1. The summed E-state index contributed by atoms with van der Waals surface area (Å²) in [5.41, 5.74) is 0.718. The van der Waals surface area contributed by atoms with Crippen LogP contribution in [0.4, 0.5) is 15.9 Å². The molecule has 7 heteroatoms. The molecule has 2 rings (SSSR count). The Kier molecular flexibility index (Phi) is 4.72. The number of carbonyl (C=O) groups excluding carboxylic acids is 1. The van der Waals surface area contributed by atoms with Crippen molar-refractivity contribution in [1.82, 2.24) is 4.98 Å². The van der Waals surface area contributed by atoms with E-state index in [9.17, 15) is 9.18 Å². The van der Waals surface area contributed by atoms with Gasteiger partial charge in [-0.3, -0.25) is 4.79 Å². The van der Waals surface area contributed by atoms with Crippen LogP contribution in [-0.4, -0.2) is 17.9 Å². The van der Waals surface area contributed by atoms with Crippen molar-refractivity contribution >= 4 is 49.3 Å². The molecule has 1 aromatic heterocycles.